The normalized spacial score (nSPS) is 51.6. The second kappa shape index (κ2) is 6.32. The van der Waals surface area contributed by atoms with Gasteiger partial charge in [0.15, 0.2) is 0 Å². The zero-order valence-corrected chi connectivity index (χ0v) is 17.2. The highest BCUT2D eigenvalue weighted by atomic mass is 16.5. The van der Waals surface area contributed by atoms with Crippen LogP contribution in [0.2, 0.25) is 0 Å². The molecule has 5 fully saturated rings. The summed E-state index contributed by atoms with van der Waals surface area (Å²) in [6, 6.07) is 0. The molecule has 0 amide bonds. The number of fused-ring (bicyclic) bond motifs is 4. The number of rotatable bonds is 1. The number of hydrogen-bond donors (Lipinski definition) is 0. The van der Waals surface area contributed by atoms with Crippen molar-refractivity contribution in [2.24, 2.45) is 40.4 Å². The molecule has 5 aliphatic carbocycles. The standard InChI is InChI=1S/C24H36O3/c1-15(25)27-19-8-10-23(2)16(14-19)3-5-20-21(23)9-12-24-11-7-18(26)13-17(24)4-6-22(20)24/h16-17,19-22H,3-14H2,1-2H3/t16-,17+,19+,20+,21-,22-,23-,24-/m0/s1. The van der Waals surface area contributed by atoms with Crippen LogP contribution in [0.3, 0.4) is 0 Å². The van der Waals surface area contributed by atoms with Gasteiger partial charge in [0.25, 0.3) is 0 Å². The number of ketones is 1. The number of carbonyl (C=O) groups is 2. The Morgan fingerprint density at radius 2 is 1.78 bits per heavy atom. The molecule has 0 N–H and O–H groups in total. The van der Waals surface area contributed by atoms with Crippen molar-refractivity contribution in [1.29, 1.82) is 0 Å². The minimum Gasteiger partial charge on any atom is -0.463 e. The van der Waals surface area contributed by atoms with Gasteiger partial charge in [-0.3, -0.25) is 9.59 Å². The van der Waals surface area contributed by atoms with Gasteiger partial charge in [0.1, 0.15) is 11.9 Å². The van der Waals surface area contributed by atoms with E-state index in [9.17, 15) is 9.59 Å². The van der Waals surface area contributed by atoms with Crippen molar-refractivity contribution in [2.45, 2.75) is 97.0 Å². The molecule has 1 spiro atoms. The van der Waals surface area contributed by atoms with Crippen molar-refractivity contribution in [3.05, 3.63) is 0 Å². The minimum absolute atomic E-state index is 0.110. The fourth-order valence-electron chi connectivity index (χ4n) is 9.05. The fourth-order valence-corrected chi connectivity index (χ4v) is 9.05. The van der Waals surface area contributed by atoms with Crippen LogP contribution in [0.4, 0.5) is 0 Å². The number of carbonyl (C=O) groups excluding carboxylic acids is 2. The lowest BCUT2D eigenvalue weighted by Gasteiger charge is -2.62. The first-order valence-corrected chi connectivity index (χ1v) is 11.6. The molecule has 0 unspecified atom stereocenters. The SMILES string of the molecule is CC(=O)O[C@@H]1CC[C@@]2(C)[C@@H](CC[C@@H]3[C@@H]2CC[C@@]24CCC(=O)C[C@H]2CC[C@@H]34)C1. The first kappa shape index (κ1) is 18.2. The zero-order chi connectivity index (χ0) is 18.8. The van der Waals surface area contributed by atoms with Crippen LogP contribution in [-0.2, 0) is 14.3 Å². The first-order valence-electron chi connectivity index (χ1n) is 11.6. The number of esters is 1. The monoisotopic (exact) mass is 372 g/mol. The average molecular weight is 373 g/mol. The summed E-state index contributed by atoms with van der Waals surface area (Å²) in [6.45, 7) is 4.13. The summed E-state index contributed by atoms with van der Waals surface area (Å²) >= 11 is 0. The zero-order valence-electron chi connectivity index (χ0n) is 17.2. The van der Waals surface area contributed by atoms with Gasteiger partial charge in [-0.2, -0.15) is 0 Å². The lowest BCUT2D eigenvalue weighted by molar-refractivity contribution is -0.162. The van der Waals surface area contributed by atoms with Crippen molar-refractivity contribution in [3.63, 3.8) is 0 Å². The quantitative estimate of drug-likeness (QED) is 0.586. The van der Waals surface area contributed by atoms with Gasteiger partial charge in [0.2, 0.25) is 0 Å². The van der Waals surface area contributed by atoms with Crippen LogP contribution >= 0.6 is 0 Å². The van der Waals surface area contributed by atoms with Crippen molar-refractivity contribution in [2.75, 3.05) is 0 Å². The second-order valence-corrected chi connectivity index (χ2v) is 11.0. The van der Waals surface area contributed by atoms with Crippen LogP contribution < -0.4 is 0 Å². The van der Waals surface area contributed by atoms with E-state index < -0.39 is 0 Å². The minimum atomic E-state index is -0.110. The molecular formula is C24H36O3. The molecule has 0 aromatic carbocycles. The third-order valence-corrected chi connectivity index (χ3v) is 10.2. The molecule has 150 valence electrons. The molecule has 3 heteroatoms. The van der Waals surface area contributed by atoms with E-state index >= 15 is 0 Å². The molecule has 3 nitrogen and oxygen atoms in total. The summed E-state index contributed by atoms with van der Waals surface area (Å²) in [5.74, 6) is 4.50. The summed E-state index contributed by atoms with van der Waals surface area (Å²) in [5.41, 5.74) is 0.969. The molecule has 0 aromatic heterocycles. The maximum atomic E-state index is 12.1. The van der Waals surface area contributed by atoms with Crippen LogP contribution in [0.5, 0.6) is 0 Å². The van der Waals surface area contributed by atoms with Gasteiger partial charge in [0.05, 0.1) is 0 Å². The van der Waals surface area contributed by atoms with E-state index in [-0.39, 0.29) is 12.1 Å². The smallest absolute Gasteiger partial charge is 0.302 e. The van der Waals surface area contributed by atoms with Gasteiger partial charge >= 0.3 is 5.97 Å². The largest absolute Gasteiger partial charge is 0.463 e. The predicted octanol–water partition coefficient (Wildman–Crippen LogP) is 5.31. The molecule has 5 rings (SSSR count). The Balaban J connectivity index is 1.36. The van der Waals surface area contributed by atoms with E-state index in [0.717, 1.165) is 49.4 Å². The molecule has 0 aliphatic heterocycles. The van der Waals surface area contributed by atoms with Crippen molar-refractivity contribution in [1.82, 2.24) is 0 Å². The van der Waals surface area contributed by atoms with Gasteiger partial charge in [-0.25, -0.2) is 0 Å². The van der Waals surface area contributed by atoms with E-state index in [1.165, 1.54) is 51.4 Å². The topological polar surface area (TPSA) is 43.4 Å². The molecule has 5 saturated carbocycles. The van der Waals surface area contributed by atoms with E-state index in [1.54, 1.807) is 6.92 Å². The van der Waals surface area contributed by atoms with Crippen molar-refractivity contribution < 1.29 is 14.3 Å². The molecule has 0 aromatic rings. The molecule has 0 saturated heterocycles. The van der Waals surface area contributed by atoms with E-state index in [1.807, 2.05) is 0 Å². The third-order valence-electron chi connectivity index (χ3n) is 10.2. The number of ether oxygens (including phenoxy) is 1. The average Bonchev–Trinajstić information content (AvgIpc) is 3.01. The summed E-state index contributed by atoms with van der Waals surface area (Å²) in [4.78, 5) is 23.5. The van der Waals surface area contributed by atoms with Crippen LogP contribution in [0.1, 0.15) is 90.9 Å². The maximum absolute atomic E-state index is 12.1. The highest BCUT2D eigenvalue weighted by molar-refractivity contribution is 5.79. The summed E-state index contributed by atoms with van der Waals surface area (Å²) in [7, 11) is 0. The van der Waals surface area contributed by atoms with Crippen LogP contribution in [0.25, 0.3) is 0 Å². The molecule has 27 heavy (non-hydrogen) atoms. The Bertz CT molecular complexity index is 642. The van der Waals surface area contributed by atoms with Crippen molar-refractivity contribution in [3.8, 4) is 0 Å². The van der Waals surface area contributed by atoms with Gasteiger partial charge in [-0.1, -0.05) is 6.92 Å². The van der Waals surface area contributed by atoms with Gasteiger partial charge in [0, 0.05) is 19.8 Å². The van der Waals surface area contributed by atoms with Crippen LogP contribution in [-0.4, -0.2) is 17.9 Å². The molecule has 0 heterocycles. The molecule has 0 bridgehead atoms. The molecule has 0 radical (unpaired) electrons. The molecular weight excluding hydrogens is 336 g/mol. The number of hydrogen-bond acceptors (Lipinski definition) is 3. The summed E-state index contributed by atoms with van der Waals surface area (Å²) in [5, 5.41) is 0. The Kier molecular flexibility index (Phi) is 4.26. The van der Waals surface area contributed by atoms with Crippen LogP contribution in [0.15, 0.2) is 0 Å². The third kappa shape index (κ3) is 2.66. The Morgan fingerprint density at radius 1 is 0.963 bits per heavy atom. The second-order valence-electron chi connectivity index (χ2n) is 11.0. The predicted molar refractivity (Wildman–Crippen MR) is 104 cm³/mol. The van der Waals surface area contributed by atoms with E-state index in [0.29, 0.717) is 22.5 Å². The van der Waals surface area contributed by atoms with Gasteiger partial charge < -0.3 is 4.74 Å². The molecule has 8 atom stereocenters. The molecule has 5 aliphatic rings. The maximum Gasteiger partial charge on any atom is 0.302 e. The van der Waals surface area contributed by atoms with Gasteiger partial charge in [-0.05, 0) is 105 Å². The van der Waals surface area contributed by atoms with Crippen molar-refractivity contribution >= 4 is 11.8 Å². The van der Waals surface area contributed by atoms with Gasteiger partial charge in [-0.15, -0.1) is 0 Å². The Hall–Kier alpha value is -0.860. The first-order chi connectivity index (χ1) is 12.9. The van der Waals surface area contributed by atoms with E-state index in [2.05, 4.69) is 6.92 Å². The highest BCUT2D eigenvalue weighted by Gasteiger charge is 2.62. The summed E-state index contributed by atoms with van der Waals surface area (Å²) in [6.07, 6.45) is 14.6. The fraction of sp³-hybridized carbons (Fsp3) is 0.917. The lowest BCUT2D eigenvalue weighted by Crippen LogP contribution is -2.55. The Morgan fingerprint density at radius 3 is 2.59 bits per heavy atom. The van der Waals surface area contributed by atoms with E-state index in [4.69, 9.17) is 4.74 Å². The lowest BCUT2D eigenvalue weighted by atomic mass is 9.43. The Labute approximate surface area is 164 Å². The highest BCUT2D eigenvalue weighted by Crippen LogP contribution is 2.69. The van der Waals surface area contributed by atoms with Crippen LogP contribution in [0, 0.1) is 40.4 Å². The number of Topliss-reactive ketones (excluding diaryl/α,β-unsaturated/α-hetero) is 1. The summed E-state index contributed by atoms with van der Waals surface area (Å²) < 4.78 is 5.60.